The van der Waals surface area contributed by atoms with Gasteiger partial charge in [0.15, 0.2) is 0 Å². The van der Waals surface area contributed by atoms with Crippen LogP contribution < -0.4 is 5.73 Å². The van der Waals surface area contributed by atoms with E-state index in [4.69, 9.17) is 17.3 Å². The molecule has 0 saturated carbocycles. The number of nitrogen functional groups attached to an aromatic ring is 1. The number of anilines is 1. The first kappa shape index (κ1) is 14.1. The Kier molecular flexibility index (Phi) is 3.99. The van der Waals surface area contributed by atoms with E-state index in [1.165, 1.54) is 16.2 Å². The van der Waals surface area contributed by atoms with E-state index >= 15 is 0 Å². The number of rotatable bonds is 3. The summed E-state index contributed by atoms with van der Waals surface area (Å²) in [7, 11) is 1.64. The molecular formula is C13H15ClN2O2S. The number of likely N-dealkylation sites (N-methyl/N-ethyl adjacent to an activating group) is 1. The molecule has 0 aliphatic heterocycles. The van der Waals surface area contributed by atoms with Crippen molar-refractivity contribution in [3.05, 3.63) is 28.1 Å². The number of hydrogen-bond acceptors (Lipinski definition) is 4. The Balaban J connectivity index is 2.40. The van der Waals surface area contributed by atoms with Gasteiger partial charge in [0.2, 0.25) is 0 Å². The van der Waals surface area contributed by atoms with Crippen molar-refractivity contribution >= 4 is 44.6 Å². The molecule has 102 valence electrons. The van der Waals surface area contributed by atoms with E-state index < -0.39 is 6.10 Å². The maximum Gasteiger partial charge on any atom is 0.265 e. The van der Waals surface area contributed by atoms with Crippen LogP contribution in [-0.2, 0) is 0 Å². The summed E-state index contributed by atoms with van der Waals surface area (Å²) < 4.78 is 0.927. The van der Waals surface area contributed by atoms with Crippen LogP contribution in [0.2, 0.25) is 5.02 Å². The van der Waals surface area contributed by atoms with Crippen LogP contribution in [0.5, 0.6) is 0 Å². The standard InChI is InChI=1S/C13H15ClN2O2S/c1-7(17)6-16(2)13(18)12-11(15)9-5-8(14)3-4-10(9)19-12/h3-5,7,17H,6,15H2,1-2H3. The number of carbonyl (C=O) groups excluding carboxylic acids is 1. The van der Waals surface area contributed by atoms with Gasteiger partial charge in [-0.3, -0.25) is 4.79 Å². The maximum atomic E-state index is 12.3. The fraction of sp³-hybridized carbons (Fsp3) is 0.308. The second kappa shape index (κ2) is 5.36. The Labute approximate surface area is 120 Å². The van der Waals surface area contributed by atoms with Gasteiger partial charge in [-0.25, -0.2) is 0 Å². The largest absolute Gasteiger partial charge is 0.397 e. The van der Waals surface area contributed by atoms with Crippen molar-refractivity contribution in [2.24, 2.45) is 0 Å². The minimum atomic E-state index is -0.570. The number of aliphatic hydroxyl groups excluding tert-OH is 1. The Morgan fingerprint density at radius 3 is 2.89 bits per heavy atom. The van der Waals surface area contributed by atoms with Crippen LogP contribution in [0.3, 0.4) is 0 Å². The molecular weight excluding hydrogens is 284 g/mol. The normalized spacial score (nSPS) is 12.6. The van der Waals surface area contributed by atoms with Crippen molar-refractivity contribution in [1.29, 1.82) is 0 Å². The Hall–Kier alpha value is -1.30. The molecule has 6 heteroatoms. The van der Waals surface area contributed by atoms with Gasteiger partial charge in [0.05, 0.1) is 11.8 Å². The summed E-state index contributed by atoms with van der Waals surface area (Å²) in [4.78, 5) is 14.2. The average Bonchev–Trinajstić information content (AvgIpc) is 2.65. The van der Waals surface area contributed by atoms with Gasteiger partial charge in [0, 0.05) is 28.7 Å². The molecule has 19 heavy (non-hydrogen) atoms. The average molecular weight is 299 g/mol. The highest BCUT2D eigenvalue weighted by molar-refractivity contribution is 7.21. The van der Waals surface area contributed by atoms with Gasteiger partial charge in [0.25, 0.3) is 5.91 Å². The lowest BCUT2D eigenvalue weighted by Crippen LogP contribution is -2.32. The highest BCUT2D eigenvalue weighted by Crippen LogP contribution is 2.35. The fourth-order valence-corrected chi connectivity index (χ4v) is 3.17. The second-order valence-electron chi connectivity index (χ2n) is 4.52. The molecule has 0 fully saturated rings. The highest BCUT2D eigenvalue weighted by Gasteiger charge is 2.20. The van der Waals surface area contributed by atoms with E-state index in [9.17, 15) is 9.90 Å². The summed E-state index contributed by atoms with van der Waals surface area (Å²) in [6.07, 6.45) is -0.570. The molecule has 1 aromatic carbocycles. The number of amides is 1. The summed E-state index contributed by atoms with van der Waals surface area (Å²) in [5.74, 6) is -0.185. The summed E-state index contributed by atoms with van der Waals surface area (Å²) in [5.41, 5.74) is 6.47. The molecule has 0 bridgehead atoms. The number of thiophene rings is 1. The first-order valence-electron chi connectivity index (χ1n) is 5.81. The van der Waals surface area contributed by atoms with Crippen LogP contribution in [-0.4, -0.2) is 35.6 Å². The number of carbonyl (C=O) groups is 1. The van der Waals surface area contributed by atoms with Gasteiger partial charge < -0.3 is 15.7 Å². The number of hydrogen-bond donors (Lipinski definition) is 2. The fourth-order valence-electron chi connectivity index (χ4n) is 1.90. The van der Waals surface area contributed by atoms with Gasteiger partial charge in [0.1, 0.15) is 4.88 Å². The van der Waals surface area contributed by atoms with E-state index in [1.807, 2.05) is 6.07 Å². The molecule has 0 spiro atoms. The zero-order valence-corrected chi connectivity index (χ0v) is 12.3. The molecule has 0 aliphatic rings. The van der Waals surface area contributed by atoms with Gasteiger partial charge in [-0.2, -0.15) is 0 Å². The topological polar surface area (TPSA) is 66.6 Å². The minimum Gasteiger partial charge on any atom is -0.397 e. The van der Waals surface area contributed by atoms with E-state index in [0.29, 0.717) is 15.6 Å². The molecule has 0 aliphatic carbocycles. The Morgan fingerprint density at radius 1 is 1.58 bits per heavy atom. The molecule has 2 aromatic rings. The lowest BCUT2D eigenvalue weighted by molar-refractivity contribution is 0.0709. The van der Waals surface area contributed by atoms with Gasteiger partial charge in [-0.05, 0) is 25.1 Å². The molecule has 2 rings (SSSR count). The molecule has 1 amide bonds. The lowest BCUT2D eigenvalue weighted by atomic mass is 10.2. The number of nitrogens with two attached hydrogens (primary N) is 1. The smallest absolute Gasteiger partial charge is 0.265 e. The van der Waals surface area contributed by atoms with Gasteiger partial charge >= 0.3 is 0 Å². The third-order valence-electron chi connectivity index (χ3n) is 2.77. The van der Waals surface area contributed by atoms with Crippen LogP contribution in [0, 0.1) is 0 Å². The maximum absolute atomic E-state index is 12.3. The summed E-state index contributed by atoms with van der Waals surface area (Å²) in [5, 5.41) is 10.7. The molecule has 1 atom stereocenters. The number of fused-ring (bicyclic) bond motifs is 1. The minimum absolute atomic E-state index is 0.185. The molecule has 1 aromatic heterocycles. The van der Waals surface area contributed by atoms with E-state index in [1.54, 1.807) is 26.1 Å². The Morgan fingerprint density at radius 2 is 2.26 bits per heavy atom. The van der Waals surface area contributed by atoms with E-state index in [0.717, 1.165) is 10.1 Å². The third kappa shape index (κ3) is 2.83. The van der Waals surface area contributed by atoms with Gasteiger partial charge in [-0.15, -0.1) is 11.3 Å². The number of aliphatic hydroxyl groups is 1. The van der Waals surface area contributed by atoms with Crippen LogP contribution in [0.1, 0.15) is 16.6 Å². The highest BCUT2D eigenvalue weighted by atomic mass is 35.5. The molecule has 1 unspecified atom stereocenters. The van der Waals surface area contributed by atoms with Gasteiger partial charge in [-0.1, -0.05) is 11.6 Å². The van der Waals surface area contributed by atoms with E-state index in [2.05, 4.69) is 0 Å². The lowest BCUT2D eigenvalue weighted by Gasteiger charge is -2.18. The zero-order chi connectivity index (χ0) is 14.2. The SMILES string of the molecule is CC(O)CN(C)C(=O)c1sc2ccc(Cl)cc2c1N. The summed E-state index contributed by atoms with van der Waals surface area (Å²) >= 11 is 7.27. The molecule has 3 N–H and O–H groups in total. The first-order chi connectivity index (χ1) is 8.90. The molecule has 0 radical (unpaired) electrons. The molecule has 4 nitrogen and oxygen atoms in total. The van der Waals surface area contributed by atoms with Crippen molar-refractivity contribution < 1.29 is 9.90 Å². The van der Waals surface area contributed by atoms with Crippen LogP contribution >= 0.6 is 22.9 Å². The number of benzene rings is 1. The monoisotopic (exact) mass is 298 g/mol. The quantitative estimate of drug-likeness (QED) is 0.915. The first-order valence-corrected chi connectivity index (χ1v) is 7.00. The second-order valence-corrected chi connectivity index (χ2v) is 6.01. The van der Waals surface area contributed by atoms with Crippen molar-refractivity contribution in [2.45, 2.75) is 13.0 Å². The molecule has 0 saturated heterocycles. The number of halogens is 1. The third-order valence-corrected chi connectivity index (χ3v) is 4.18. The summed E-state index contributed by atoms with van der Waals surface area (Å²) in [6, 6.07) is 5.38. The zero-order valence-electron chi connectivity index (χ0n) is 10.7. The van der Waals surface area contributed by atoms with Crippen LogP contribution in [0.25, 0.3) is 10.1 Å². The van der Waals surface area contributed by atoms with Crippen molar-refractivity contribution in [3.8, 4) is 0 Å². The van der Waals surface area contributed by atoms with Crippen LogP contribution in [0.15, 0.2) is 18.2 Å². The Bertz CT molecular complexity index is 624. The molecule has 1 heterocycles. The summed E-state index contributed by atoms with van der Waals surface area (Å²) in [6.45, 7) is 1.91. The predicted octanol–water partition coefficient (Wildman–Crippen LogP) is 2.59. The van der Waals surface area contributed by atoms with Crippen molar-refractivity contribution in [1.82, 2.24) is 4.90 Å². The number of nitrogens with zero attached hydrogens (tertiary/aromatic N) is 1. The van der Waals surface area contributed by atoms with E-state index in [-0.39, 0.29) is 12.5 Å². The van der Waals surface area contributed by atoms with Crippen molar-refractivity contribution in [3.63, 3.8) is 0 Å². The van der Waals surface area contributed by atoms with Crippen LogP contribution in [0.4, 0.5) is 5.69 Å². The van der Waals surface area contributed by atoms with Crippen molar-refractivity contribution in [2.75, 3.05) is 19.3 Å². The predicted molar refractivity (Wildman–Crippen MR) is 79.9 cm³/mol.